The van der Waals surface area contributed by atoms with Crippen molar-refractivity contribution in [3.05, 3.63) is 36.9 Å². The first-order chi connectivity index (χ1) is 10.7. The fourth-order valence-electron chi connectivity index (χ4n) is 1.99. The van der Waals surface area contributed by atoms with Gasteiger partial charge >= 0.3 is 0 Å². The summed E-state index contributed by atoms with van der Waals surface area (Å²) < 4.78 is 12.4. The van der Waals surface area contributed by atoms with Crippen LogP contribution in [0.15, 0.2) is 36.9 Å². The van der Waals surface area contributed by atoms with Crippen molar-refractivity contribution in [2.24, 2.45) is 0 Å². The molecule has 1 heterocycles. The number of aromatic nitrogens is 3. The summed E-state index contributed by atoms with van der Waals surface area (Å²) in [5.74, 6) is 1.22. The number of rotatable bonds is 8. The van der Waals surface area contributed by atoms with E-state index in [9.17, 15) is 4.79 Å². The molecule has 118 valence electrons. The molecule has 0 aliphatic heterocycles. The average molecular weight is 304 g/mol. The number of hydrogen-bond donors (Lipinski definition) is 1. The van der Waals surface area contributed by atoms with Crippen LogP contribution in [0.2, 0.25) is 0 Å². The highest BCUT2D eigenvalue weighted by molar-refractivity contribution is 5.76. The SMILES string of the molecule is COc1ccccc1OCCC(=O)NC(C)Cn1cncn1. The zero-order valence-corrected chi connectivity index (χ0v) is 12.7. The second kappa shape index (κ2) is 8.02. The highest BCUT2D eigenvalue weighted by Gasteiger charge is 2.09. The minimum absolute atomic E-state index is 0.0274. The van der Waals surface area contributed by atoms with Gasteiger partial charge in [-0.25, -0.2) is 4.98 Å². The van der Waals surface area contributed by atoms with E-state index in [1.54, 1.807) is 18.1 Å². The van der Waals surface area contributed by atoms with Crippen molar-refractivity contribution in [1.82, 2.24) is 20.1 Å². The van der Waals surface area contributed by atoms with Gasteiger partial charge in [-0.15, -0.1) is 0 Å². The van der Waals surface area contributed by atoms with Crippen molar-refractivity contribution in [2.45, 2.75) is 25.9 Å². The Labute approximate surface area is 129 Å². The molecule has 0 saturated carbocycles. The Bertz CT molecular complexity index is 586. The molecule has 1 N–H and O–H groups in total. The van der Waals surface area contributed by atoms with Crippen molar-refractivity contribution in [3.63, 3.8) is 0 Å². The quantitative estimate of drug-likeness (QED) is 0.794. The van der Waals surface area contributed by atoms with E-state index in [0.717, 1.165) is 0 Å². The number of ether oxygens (including phenoxy) is 2. The van der Waals surface area contributed by atoms with Gasteiger partial charge < -0.3 is 14.8 Å². The Morgan fingerprint density at radius 1 is 1.36 bits per heavy atom. The summed E-state index contributed by atoms with van der Waals surface area (Å²) in [7, 11) is 1.58. The third-order valence-electron chi connectivity index (χ3n) is 2.99. The molecule has 2 rings (SSSR count). The van der Waals surface area contributed by atoms with Crippen LogP contribution < -0.4 is 14.8 Å². The molecule has 0 aliphatic carbocycles. The largest absolute Gasteiger partial charge is 0.493 e. The molecule has 1 atom stereocenters. The maximum atomic E-state index is 11.9. The predicted molar refractivity (Wildman–Crippen MR) is 80.7 cm³/mol. The molecule has 0 aliphatic rings. The summed E-state index contributed by atoms with van der Waals surface area (Å²) in [5.41, 5.74) is 0. The van der Waals surface area contributed by atoms with Gasteiger partial charge in [0.05, 0.1) is 26.7 Å². The van der Waals surface area contributed by atoms with Crippen LogP contribution in [0.25, 0.3) is 0 Å². The Morgan fingerprint density at radius 3 is 2.82 bits per heavy atom. The second-order valence-corrected chi connectivity index (χ2v) is 4.84. The lowest BCUT2D eigenvalue weighted by Gasteiger charge is -2.14. The molecule has 1 amide bonds. The molecule has 7 nitrogen and oxygen atoms in total. The van der Waals surface area contributed by atoms with Gasteiger partial charge in [-0.3, -0.25) is 9.48 Å². The van der Waals surface area contributed by atoms with Gasteiger partial charge in [-0.1, -0.05) is 12.1 Å². The monoisotopic (exact) mass is 304 g/mol. The maximum absolute atomic E-state index is 11.9. The van der Waals surface area contributed by atoms with Crippen molar-refractivity contribution in [3.8, 4) is 11.5 Å². The van der Waals surface area contributed by atoms with Crippen LogP contribution in [0.5, 0.6) is 11.5 Å². The zero-order chi connectivity index (χ0) is 15.8. The van der Waals surface area contributed by atoms with Gasteiger partial charge in [0.1, 0.15) is 12.7 Å². The van der Waals surface area contributed by atoms with E-state index in [1.807, 2.05) is 31.2 Å². The van der Waals surface area contributed by atoms with Gasteiger partial charge in [-0.2, -0.15) is 5.10 Å². The number of amides is 1. The molecule has 0 saturated heterocycles. The van der Waals surface area contributed by atoms with Crippen molar-refractivity contribution in [2.75, 3.05) is 13.7 Å². The van der Waals surface area contributed by atoms with Crippen LogP contribution in [-0.4, -0.2) is 40.4 Å². The molecule has 0 fully saturated rings. The van der Waals surface area contributed by atoms with Crippen LogP contribution in [0.4, 0.5) is 0 Å². The molecule has 1 aromatic heterocycles. The fourth-order valence-corrected chi connectivity index (χ4v) is 1.99. The third-order valence-corrected chi connectivity index (χ3v) is 2.99. The number of carbonyl (C=O) groups excluding carboxylic acids is 1. The first-order valence-corrected chi connectivity index (χ1v) is 7.06. The van der Waals surface area contributed by atoms with Crippen molar-refractivity contribution >= 4 is 5.91 Å². The first kappa shape index (κ1) is 15.8. The number of benzene rings is 1. The van der Waals surface area contributed by atoms with E-state index >= 15 is 0 Å². The molecule has 0 bridgehead atoms. The van der Waals surface area contributed by atoms with E-state index < -0.39 is 0 Å². The van der Waals surface area contributed by atoms with Crippen molar-refractivity contribution < 1.29 is 14.3 Å². The summed E-state index contributed by atoms with van der Waals surface area (Å²) in [4.78, 5) is 15.7. The maximum Gasteiger partial charge on any atom is 0.223 e. The summed E-state index contributed by atoms with van der Waals surface area (Å²) in [5, 5.41) is 6.89. The molecule has 2 aromatic rings. The Balaban J connectivity index is 1.71. The summed E-state index contributed by atoms with van der Waals surface area (Å²) in [6.07, 6.45) is 3.36. The lowest BCUT2D eigenvalue weighted by molar-refractivity contribution is -0.122. The van der Waals surface area contributed by atoms with Gasteiger partial charge in [0, 0.05) is 6.04 Å². The summed E-state index contributed by atoms with van der Waals surface area (Å²) >= 11 is 0. The third kappa shape index (κ3) is 4.76. The minimum Gasteiger partial charge on any atom is -0.493 e. The average Bonchev–Trinajstić information content (AvgIpc) is 3.00. The highest BCUT2D eigenvalue weighted by atomic mass is 16.5. The van der Waals surface area contributed by atoms with E-state index in [4.69, 9.17) is 9.47 Å². The zero-order valence-electron chi connectivity index (χ0n) is 12.7. The smallest absolute Gasteiger partial charge is 0.223 e. The first-order valence-electron chi connectivity index (χ1n) is 7.06. The highest BCUT2D eigenvalue weighted by Crippen LogP contribution is 2.25. The van der Waals surface area contributed by atoms with E-state index in [0.29, 0.717) is 24.7 Å². The van der Waals surface area contributed by atoms with E-state index in [-0.39, 0.29) is 18.4 Å². The standard InChI is InChI=1S/C15H20N4O3/c1-12(9-19-11-16-10-17-19)18-15(20)7-8-22-14-6-4-3-5-13(14)21-2/h3-6,10-12H,7-9H2,1-2H3,(H,18,20). The number of nitrogens with one attached hydrogen (secondary N) is 1. The van der Waals surface area contributed by atoms with Gasteiger partial charge in [0.2, 0.25) is 5.91 Å². The topological polar surface area (TPSA) is 78.3 Å². The molecule has 1 aromatic carbocycles. The Morgan fingerprint density at radius 2 is 2.14 bits per heavy atom. The number of nitrogens with zero attached hydrogens (tertiary/aromatic N) is 3. The molecule has 7 heteroatoms. The number of carbonyl (C=O) groups is 1. The molecule has 1 unspecified atom stereocenters. The number of methoxy groups -OCH3 is 1. The second-order valence-electron chi connectivity index (χ2n) is 4.84. The van der Waals surface area contributed by atoms with E-state index in [2.05, 4.69) is 15.4 Å². The summed E-state index contributed by atoms with van der Waals surface area (Å²) in [6.45, 7) is 2.79. The molecule has 22 heavy (non-hydrogen) atoms. The van der Waals surface area contributed by atoms with Gasteiger partial charge in [0.25, 0.3) is 0 Å². The van der Waals surface area contributed by atoms with Crippen molar-refractivity contribution in [1.29, 1.82) is 0 Å². The number of hydrogen-bond acceptors (Lipinski definition) is 5. The van der Waals surface area contributed by atoms with Crippen LogP contribution in [0.3, 0.4) is 0 Å². The fraction of sp³-hybridized carbons (Fsp3) is 0.400. The van der Waals surface area contributed by atoms with Gasteiger partial charge in [0.15, 0.2) is 11.5 Å². The van der Waals surface area contributed by atoms with Crippen LogP contribution >= 0.6 is 0 Å². The predicted octanol–water partition coefficient (Wildman–Crippen LogP) is 1.26. The molecular formula is C15H20N4O3. The Kier molecular flexibility index (Phi) is 5.76. The normalized spacial score (nSPS) is 11.7. The molecule has 0 radical (unpaired) electrons. The van der Waals surface area contributed by atoms with Crippen LogP contribution in [-0.2, 0) is 11.3 Å². The van der Waals surface area contributed by atoms with Crippen LogP contribution in [0, 0.1) is 0 Å². The number of para-hydroxylation sites is 2. The lowest BCUT2D eigenvalue weighted by Crippen LogP contribution is -2.36. The molecule has 0 spiro atoms. The van der Waals surface area contributed by atoms with E-state index in [1.165, 1.54) is 6.33 Å². The van der Waals surface area contributed by atoms with Crippen LogP contribution in [0.1, 0.15) is 13.3 Å². The van der Waals surface area contributed by atoms with Gasteiger partial charge in [-0.05, 0) is 19.1 Å². The Hall–Kier alpha value is -2.57. The molecular weight excluding hydrogens is 284 g/mol. The minimum atomic E-state index is -0.0671. The lowest BCUT2D eigenvalue weighted by atomic mass is 10.3. The summed E-state index contributed by atoms with van der Waals surface area (Å²) in [6, 6.07) is 7.32.